The van der Waals surface area contributed by atoms with Gasteiger partial charge in [0, 0.05) is 16.7 Å². The molecule has 2 rings (SSSR count). The molecular formula is C21H34N2OS. The van der Waals surface area contributed by atoms with Crippen molar-refractivity contribution in [2.24, 2.45) is 0 Å². The number of urea groups is 1. The van der Waals surface area contributed by atoms with Gasteiger partial charge in [-0.1, -0.05) is 65.0 Å². The van der Waals surface area contributed by atoms with Crippen molar-refractivity contribution in [1.29, 1.82) is 0 Å². The molecule has 1 heterocycles. The van der Waals surface area contributed by atoms with Crippen molar-refractivity contribution >= 4 is 17.8 Å². The molecule has 140 valence electrons. The Labute approximate surface area is 157 Å². The predicted molar refractivity (Wildman–Crippen MR) is 108 cm³/mol. The monoisotopic (exact) mass is 362 g/mol. The molecule has 1 aliphatic heterocycles. The lowest BCUT2D eigenvalue weighted by atomic mass is 10.0. The second-order valence-corrected chi connectivity index (χ2v) is 9.01. The van der Waals surface area contributed by atoms with Gasteiger partial charge in [-0.25, -0.2) is 4.79 Å². The summed E-state index contributed by atoms with van der Waals surface area (Å²) in [6.45, 7) is 9.69. The summed E-state index contributed by atoms with van der Waals surface area (Å²) in [5.41, 5.74) is 1.21. The van der Waals surface area contributed by atoms with Gasteiger partial charge in [0.25, 0.3) is 0 Å². The maximum Gasteiger partial charge on any atom is 0.318 e. The van der Waals surface area contributed by atoms with Crippen molar-refractivity contribution in [1.82, 2.24) is 10.2 Å². The van der Waals surface area contributed by atoms with Gasteiger partial charge in [-0.3, -0.25) is 0 Å². The first kappa shape index (κ1) is 20.2. The van der Waals surface area contributed by atoms with Crippen molar-refractivity contribution in [3.05, 3.63) is 29.8 Å². The molecule has 0 aromatic heterocycles. The van der Waals surface area contributed by atoms with Crippen LogP contribution < -0.4 is 5.32 Å². The second-order valence-electron chi connectivity index (χ2n) is 7.36. The fourth-order valence-electron chi connectivity index (χ4n) is 3.46. The summed E-state index contributed by atoms with van der Waals surface area (Å²) in [7, 11) is 0. The minimum absolute atomic E-state index is 0.0895. The summed E-state index contributed by atoms with van der Waals surface area (Å²) in [4.78, 5) is 15.7. The van der Waals surface area contributed by atoms with Crippen LogP contribution in [0.25, 0.3) is 0 Å². The van der Waals surface area contributed by atoms with E-state index in [1.165, 1.54) is 42.6 Å². The molecular weight excluding hydrogens is 328 g/mol. The molecule has 2 atom stereocenters. The molecule has 0 spiro atoms. The van der Waals surface area contributed by atoms with E-state index in [0.717, 1.165) is 13.0 Å². The van der Waals surface area contributed by atoms with Crippen molar-refractivity contribution in [2.45, 2.75) is 88.4 Å². The van der Waals surface area contributed by atoms with E-state index in [1.54, 1.807) is 0 Å². The Kier molecular flexibility index (Phi) is 8.14. The third kappa shape index (κ3) is 5.95. The number of thioether (sulfide) groups is 1. The summed E-state index contributed by atoms with van der Waals surface area (Å²) < 4.78 is 0. The molecule has 2 amide bonds. The molecule has 1 N–H and O–H groups in total. The quantitative estimate of drug-likeness (QED) is 0.409. The number of benzene rings is 1. The number of hydrogen-bond donors (Lipinski definition) is 1. The van der Waals surface area contributed by atoms with E-state index in [2.05, 4.69) is 57.3 Å². The van der Waals surface area contributed by atoms with Crippen LogP contribution in [-0.2, 0) is 0 Å². The highest BCUT2D eigenvalue weighted by atomic mass is 32.2. The zero-order valence-corrected chi connectivity index (χ0v) is 17.1. The standard InChI is InChI=1S/C21H34N2OS/c1-5-6-7-8-9-10-15-23-17(4)20(22-21(23)24)18-11-13-19(14-12-18)25-16(2)3/h11-14,16-17,20H,5-10,15H2,1-4H3,(H,22,24)/t17-,20-/m1/s1. The zero-order chi connectivity index (χ0) is 18.2. The van der Waals surface area contributed by atoms with E-state index in [4.69, 9.17) is 0 Å². The number of unbranched alkanes of at least 4 members (excludes halogenated alkanes) is 5. The molecule has 1 aliphatic rings. The van der Waals surface area contributed by atoms with Crippen molar-refractivity contribution in [3.63, 3.8) is 0 Å². The number of nitrogens with one attached hydrogen (secondary N) is 1. The van der Waals surface area contributed by atoms with Crippen LogP contribution in [0.15, 0.2) is 29.2 Å². The van der Waals surface area contributed by atoms with Crippen LogP contribution in [-0.4, -0.2) is 28.8 Å². The lowest BCUT2D eigenvalue weighted by molar-refractivity contribution is 0.204. The topological polar surface area (TPSA) is 32.3 Å². The highest BCUT2D eigenvalue weighted by Crippen LogP contribution is 2.30. The Morgan fingerprint density at radius 1 is 1.08 bits per heavy atom. The van der Waals surface area contributed by atoms with E-state index in [1.807, 2.05) is 16.7 Å². The van der Waals surface area contributed by atoms with Gasteiger partial charge in [0.2, 0.25) is 0 Å². The lowest BCUT2D eigenvalue weighted by Crippen LogP contribution is -2.33. The van der Waals surface area contributed by atoms with Gasteiger partial charge >= 0.3 is 6.03 Å². The Balaban J connectivity index is 1.86. The summed E-state index contributed by atoms with van der Waals surface area (Å²) in [5, 5.41) is 3.76. The Bertz CT molecular complexity index is 529. The summed E-state index contributed by atoms with van der Waals surface area (Å²) in [5.74, 6) is 0. The number of rotatable bonds is 10. The molecule has 0 aliphatic carbocycles. The van der Waals surface area contributed by atoms with E-state index in [-0.39, 0.29) is 18.1 Å². The molecule has 1 aromatic carbocycles. The highest BCUT2D eigenvalue weighted by molar-refractivity contribution is 7.99. The molecule has 25 heavy (non-hydrogen) atoms. The van der Waals surface area contributed by atoms with Gasteiger partial charge in [0.15, 0.2) is 0 Å². The number of carbonyl (C=O) groups is 1. The molecule has 0 saturated carbocycles. The second kappa shape index (κ2) is 10.1. The maximum absolute atomic E-state index is 12.4. The summed E-state index contributed by atoms with van der Waals surface area (Å²) >= 11 is 1.87. The van der Waals surface area contributed by atoms with Crippen LogP contribution in [0.5, 0.6) is 0 Å². The van der Waals surface area contributed by atoms with Crippen LogP contribution in [0.1, 0.15) is 77.8 Å². The molecule has 1 fully saturated rings. The largest absolute Gasteiger partial charge is 0.329 e. The van der Waals surface area contributed by atoms with Gasteiger partial charge in [0.1, 0.15) is 0 Å². The molecule has 1 aromatic rings. The highest BCUT2D eigenvalue weighted by Gasteiger charge is 2.36. The van der Waals surface area contributed by atoms with Crippen molar-refractivity contribution in [3.8, 4) is 0 Å². The Hall–Kier alpha value is -1.16. The third-order valence-electron chi connectivity index (χ3n) is 4.88. The van der Waals surface area contributed by atoms with Gasteiger partial charge in [0.05, 0.1) is 12.1 Å². The van der Waals surface area contributed by atoms with Crippen molar-refractivity contribution < 1.29 is 4.79 Å². The number of nitrogens with zero attached hydrogens (tertiary/aromatic N) is 1. The van der Waals surface area contributed by atoms with Gasteiger partial charge in [-0.05, 0) is 31.0 Å². The average molecular weight is 363 g/mol. The van der Waals surface area contributed by atoms with E-state index in [9.17, 15) is 4.79 Å². The summed E-state index contributed by atoms with van der Waals surface area (Å²) in [6.07, 6.45) is 7.55. The summed E-state index contributed by atoms with van der Waals surface area (Å²) in [6, 6.07) is 9.09. The maximum atomic E-state index is 12.4. The minimum atomic E-state index is 0.0895. The van der Waals surface area contributed by atoms with Gasteiger partial charge in [-0.15, -0.1) is 11.8 Å². The number of carbonyl (C=O) groups excluding carboxylic acids is 1. The molecule has 1 saturated heterocycles. The minimum Gasteiger partial charge on any atom is -0.329 e. The van der Waals surface area contributed by atoms with E-state index in [0.29, 0.717) is 5.25 Å². The average Bonchev–Trinajstić information content (AvgIpc) is 2.86. The SMILES string of the molecule is CCCCCCCCN1C(=O)N[C@@H](c2ccc(SC(C)C)cc2)[C@H]1C. The molecule has 0 bridgehead atoms. The number of hydrogen-bond acceptors (Lipinski definition) is 2. The molecule has 0 unspecified atom stereocenters. The normalized spacial score (nSPS) is 20.4. The van der Waals surface area contributed by atoms with Crippen LogP contribution in [0, 0.1) is 0 Å². The van der Waals surface area contributed by atoms with Crippen LogP contribution in [0.3, 0.4) is 0 Å². The fraction of sp³-hybridized carbons (Fsp3) is 0.667. The van der Waals surface area contributed by atoms with Crippen LogP contribution in [0.2, 0.25) is 0 Å². The molecule has 0 radical (unpaired) electrons. The first-order valence-electron chi connectivity index (χ1n) is 9.86. The zero-order valence-electron chi connectivity index (χ0n) is 16.3. The number of amides is 2. The smallest absolute Gasteiger partial charge is 0.318 e. The third-order valence-corrected chi connectivity index (χ3v) is 5.89. The fourth-order valence-corrected chi connectivity index (χ4v) is 4.29. The first-order valence-corrected chi connectivity index (χ1v) is 10.7. The Morgan fingerprint density at radius 2 is 1.72 bits per heavy atom. The van der Waals surface area contributed by atoms with E-state index >= 15 is 0 Å². The van der Waals surface area contributed by atoms with Gasteiger partial charge < -0.3 is 10.2 Å². The van der Waals surface area contributed by atoms with Gasteiger partial charge in [-0.2, -0.15) is 0 Å². The first-order chi connectivity index (χ1) is 12.0. The van der Waals surface area contributed by atoms with E-state index < -0.39 is 0 Å². The lowest BCUT2D eigenvalue weighted by Gasteiger charge is -2.23. The Morgan fingerprint density at radius 3 is 2.36 bits per heavy atom. The van der Waals surface area contributed by atoms with Crippen LogP contribution in [0.4, 0.5) is 4.79 Å². The van der Waals surface area contributed by atoms with Crippen LogP contribution >= 0.6 is 11.8 Å². The van der Waals surface area contributed by atoms with Crippen molar-refractivity contribution in [2.75, 3.05) is 6.54 Å². The molecule has 3 nitrogen and oxygen atoms in total. The molecule has 4 heteroatoms. The predicted octanol–water partition coefficient (Wildman–Crippen LogP) is 6.00.